The van der Waals surface area contributed by atoms with Gasteiger partial charge in [0.1, 0.15) is 12.0 Å². The Hall–Kier alpha value is -2.77. The Balaban J connectivity index is 1.72. The molecule has 7 heteroatoms. The van der Waals surface area contributed by atoms with Crippen molar-refractivity contribution >= 4 is 16.9 Å². The predicted molar refractivity (Wildman–Crippen MR) is 108 cm³/mol. The van der Waals surface area contributed by atoms with E-state index in [1.54, 1.807) is 37.1 Å². The summed E-state index contributed by atoms with van der Waals surface area (Å²) in [5.74, 6) is -0.593. The van der Waals surface area contributed by atoms with Crippen LogP contribution in [0.5, 0.6) is 0 Å². The van der Waals surface area contributed by atoms with Crippen molar-refractivity contribution in [1.82, 2.24) is 15.4 Å². The van der Waals surface area contributed by atoms with Crippen LogP contribution in [0.15, 0.2) is 34.9 Å². The zero-order valence-corrected chi connectivity index (χ0v) is 16.7. The maximum absolute atomic E-state index is 14.6. The molecule has 2 N–H and O–H groups in total. The third-order valence-electron chi connectivity index (χ3n) is 5.46. The van der Waals surface area contributed by atoms with Gasteiger partial charge < -0.3 is 14.5 Å². The van der Waals surface area contributed by atoms with Crippen molar-refractivity contribution in [3.63, 3.8) is 0 Å². The van der Waals surface area contributed by atoms with Gasteiger partial charge in [-0.3, -0.25) is 10.1 Å². The maximum atomic E-state index is 14.6. The van der Waals surface area contributed by atoms with E-state index < -0.39 is 6.23 Å². The highest BCUT2D eigenvalue weighted by Gasteiger charge is 2.25. The highest BCUT2D eigenvalue weighted by molar-refractivity contribution is 6.04. The maximum Gasteiger partial charge on any atom is 0.276 e. The SMILES string of the molecule is CCN(C)C(=O)c1noc2cc(-c3cc(C(O)NC4CC4)cc(F)c3C)ccc12. The van der Waals surface area contributed by atoms with Crippen molar-refractivity contribution in [2.75, 3.05) is 13.6 Å². The molecule has 1 fully saturated rings. The lowest BCUT2D eigenvalue weighted by Gasteiger charge is -2.16. The molecule has 0 aliphatic heterocycles. The molecule has 4 rings (SSSR count). The first-order valence-corrected chi connectivity index (χ1v) is 9.78. The fourth-order valence-corrected chi connectivity index (χ4v) is 3.31. The predicted octanol–water partition coefficient (Wildman–Crippen LogP) is 3.78. The van der Waals surface area contributed by atoms with E-state index in [0.717, 1.165) is 18.4 Å². The van der Waals surface area contributed by atoms with Crippen molar-refractivity contribution in [3.05, 3.63) is 53.0 Å². The first-order valence-electron chi connectivity index (χ1n) is 9.78. The molecule has 29 heavy (non-hydrogen) atoms. The first kappa shape index (κ1) is 19.5. The van der Waals surface area contributed by atoms with Crippen LogP contribution in [-0.4, -0.2) is 40.7 Å². The summed E-state index contributed by atoms with van der Waals surface area (Å²) in [6.45, 7) is 4.15. The average Bonchev–Trinajstić information content (AvgIpc) is 3.43. The number of aliphatic hydroxyl groups is 1. The monoisotopic (exact) mass is 397 g/mol. The molecule has 0 saturated heterocycles. The van der Waals surface area contributed by atoms with Gasteiger partial charge in [-0.05, 0) is 73.2 Å². The number of hydrogen-bond donors (Lipinski definition) is 2. The topological polar surface area (TPSA) is 78.6 Å². The lowest BCUT2D eigenvalue weighted by atomic mass is 9.96. The average molecular weight is 397 g/mol. The first-order chi connectivity index (χ1) is 13.9. The highest BCUT2D eigenvalue weighted by Crippen LogP contribution is 2.32. The molecule has 1 unspecified atom stereocenters. The quantitative estimate of drug-likeness (QED) is 0.619. The fraction of sp³-hybridized carbons (Fsp3) is 0.364. The molecule has 0 bridgehead atoms. The van der Waals surface area contributed by atoms with Crippen molar-refractivity contribution in [1.29, 1.82) is 0 Å². The van der Waals surface area contributed by atoms with E-state index in [4.69, 9.17) is 4.52 Å². The second-order valence-corrected chi connectivity index (χ2v) is 7.58. The fourth-order valence-electron chi connectivity index (χ4n) is 3.31. The summed E-state index contributed by atoms with van der Waals surface area (Å²) in [6.07, 6.45) is 1.13. The number of benzene rings is 2. The number of amides is 1. The minimum atomic E-state index is -0.917. The Morgan fingerprint density at radius 1 is 1.38 bits per heavy atom. The van der Waals surface area contributed by atoms with Gasteiger partial charge in [0.25, 0.3) is 5.91 Å². The summed E-state index contributed by atoms with van der Waals surface area (Å²) in [6, 6.07) is 8.77. The number of carbonyl (C=O) groups is 1. The molecule has 0 spiro atoms. The summed E-state index contributed by atoms with van der Waals surface area (Å²) >= 11 is 0. The van der Waals surface area contributed by atoms with Gasteiger partial charge in [0, 0.05) is 19.6 Å². The van der Waals surface area contributed by atoms with Crippen LogP contribution < -0.4 is 5.32 Å². The number of carbonyl (C=O) groups excluding carboxylic acids is 1. The summed E-state index contributed by atoms with van der Waals surface area (Å²) < 4.78 is 19.9. The normalized spacial score (nSPS) is 14.9. The Morgan fingerprint density at radius 2 is 2.14 bits per heavy atom. The van der Waals surface area contributed by atoms with Gasteiger partial charge >= 0.3 is 0 Å². The molecule has 1 aliphatic rings. The van der Waals surface area contributed by atoms with Crippen LogP contribution in [-0.2, 0) is 0 Å². The van der Waals surface area contributed by atoms with E-state index in [2.05, 4.69) is 10.5 Å². The smallest absolute Gasteiger partial charge is 0.276 e. The van der Waals surface area contributed by atoms with E-state index in [9.17, 15) is 14.3 Å². The lowest BCUT2D eigenvalue weighted by molar-refractivity contribution is 0.0794. The molecule has 0 radical (unpaired) electrons. The molecular formula is C22H24FN3O3. The van der Waals surface area contributed by atoms with Crippen molar-refractivity contribution in [2.45, 2.75) is 39.0 Å². The van der Waals surface area contributed by atoms with Gasteiger partial charge in [0.2, 0.25) is 0 Å². The summed E-state index contributed by atoms with van der Waals surface area (Å²) in [7, 11) is 1.70. The molecule has 2 aromatic carbocycles. The largest absolute Gasteiger partial charge is 0.374 e. The van der Waals surface area contributed by atoms with Gasteiger partial charge in [0.15, 0.2) is 11.3 Å². The van der Waals surface area contributed by atoms with Crippen molar-refractivity contribution < 1.29 is 18.8 Å². The van der Waals surface area contributed by atoms with Crippen molar-refractivity contribution in [3.8, 4) is 11.1 Å². The van der Waals surface area contributed by atoms with E-state index in [-0.39, 0.29) is 17.4 Å². The van der Waals surface area contributed by atoms with Crippen LogP contribution in [0.3, 0.4) is 0 Å². The van der Waals surface area contributed by atoms with Gasteiger partial charge in [-0.2, -0.15) is 0 Å². The molecule has 1 saturated carbocycles. The summed E-state index contributed by atoms with van der Waals surface area (Å²) in [4.78, 5) is 14.0. The van der Waals surface area contributed by atoms with E-state index in [1.165, 1.54) is 6.07 Å². The molecule has 152 valence electrons. The molecule has 1 aliphatic carbocycles. The van der Waals surface area contributed by atoms with Crippen LogP contribution in [0, 0.1) is 12.7 Å². The standard InChI is InChI=1S/C22H24FN3O3/c1-4-26(3)22(28)20-16-8-5-13(11-19(16)29-25-20)17-9-14(10-18(23)12(17)2)21(27)24-15-6-7-15/h5,8-11,15,21,24,27H,4,6-7H2,1-3H3. The lowest BCUT2D eigenvalue weighted by Crippen LogP contribution is -2.26. The van der Waals surface area contributed by atoms with Crippen LogP contribution in [0.2, 0.25) is 0 Å². The number of rotatable bonds is 6. The molecule has 1 amide bonds. The Bertz CT molecular complexity index is 1070. The second-order valence-electron chi connectivity index (χ2n) is 7.58. The van der Waals surface area contributed by atoms with Gasteiger partial charge in [-0.25, -0.2) is 4.39 Å². The van der Waals surface area contributed by atoms with Crippen LogP contribution >= 0.6 is 0 Å². The summed E-state index contributed by atoms with van der Waals surface area (Å²) in [5, 5.41) is 18.0. The molecule has 6 nitrogen and oxygen atoms in total. The van der Waals surface area contributed by atoms with E-state index >= 15 is 0 Å². The number of nitrogens with zero attached hydrogens (tertiary/aromatic N) is 2. The Kier molecular flexibility index (Phi) is 5.10. The summed E-state index contributed by atoms with van der Waals surface area (Å²) in [5.41, 5.74) is 3.07. The number of hydrogen-bond acceptors (Lipinski definition) is 5. The zero-order chi connectivity index (χ0) is 20.7. The highest BCUT2D eigenvalue weighted by atomic mass is 19.1. The minimum absolute atomic E-state index is 0.211. The van der Waals surface area contributed by atoms with Crippen LogP contribution in [0.25, 0.3) is 22.1 Å². The molecular weight excluding hydrogens is 373 g/mol. The molecule has 1 heterocycles. The molecule has 1 aromatic heterocycles. The van der Waals surface area contributed by atoms with Crippen LogP contribution in [0.4, 0.5) is 4.39 Å². The van der Waals surface area contributed by atoms with Crippen molar-refractivity contribution in [2.24, 2.45) is 0 Å². The number of halogens is 1. The molecule has 1 atom stereocenters. The molecule has 3 aromatic rings. The zero-order valence-electron chi connectivity index (χ0n) is 16.7. The van der Waals surface area contributed by atoms with Crippen LogP contribution in [0.1, 0.15) is 47.6 Å². The van der Waals surface area contributed by atoms with Gasteiger partial charge in [0.05, 0.1) is 5.39 Å². The van der Waals surface area contributed by atoms with Gasteiger partial charge in [-0.15, -0.1) is 0 Å². The number of nitrogens with one attached hydrogen (secondary N) is 1. The second kappa shape index (κ2) is 7.57. The number of aromatic nitrogens is 1. The third-order valence-corrected chi connectivity index (χ3v) is 5.46. The number of aliphatic hydroxyl groups excluding tert-OH is 1. The van der Waals surface area contributed by atoms with E-state index in [0.29, 0.717) is 40.2 Å². The third kappa shape index (κ3) is 3.75. The minimum Gasteiger partial charge on any atom is -0.374 e. The van der Waals surface area contributed by atoms with E-state index in [1.807, 2.05) is 13.0 Å². The Labute approximate surface area is 168 Å². The number of fused-ring (bicyclic) bond motifs is 1. The Morgan fingerprint density at radius 3 is 2.83 bits per heavy atom. The van der Waals surface area contributed by atoms with Gasteiger partial charge in [-0.1, -0.05) is 11.2 Å².